The van der Waals surface area contributed by atoms with Crippen molar-refractivity contribution in [2.75, 3.05) is 18.2 Å². The molecule has 0 spiro atoms. The van der Waals surface area contributed by atoms with E-state index in [2.05, 4.69) is 21.2 Å². The summed E-state index contributed by atoms with van der Waals surface area (Å²) in [5.41, 5.74) is 7.98. The molecule has 0 bridgehead atoms. The van der Waals surface area contributed by atoms with Crippen molar-refractivity contribution in [2.24, 2.45) is 0 Å². The Balaban J connectivity index is 2.18. The van der Waals surface area contributed by atoms with Gasteiger partial charge in [-0.25, -0.2) is 4.39 Å². The fraction of sp³-hybridized carbons (Fsp3) is 0.200. The normalized spacial score (nSPS) is 12.0. The first-order chi connectivity index (χ1) is 9.51. The summed E-state index contributed by atoms with van der Waals surface area (Å²) >= 11 is 3.16. The molecule has 0 aliphatic carbocycles. The highest BCUT2D eigenvalue weighted by atomic mass is 79.9. The van der Waals surface area contributed by atoms with Crippen molar-refractivity contribution in [3.8, 4) is 5.75 Å². The Bertz CT molecular complexity index is 602. The number of anilines is 2. The predicted octanol–water partition coefficient (Wildman–Crippen LogP) is 4.35. The summed E-state index contributed by atoms with van der Waals surface area (Å²) in [4.78, 5) is 0. The Hall–Kier alpha value is -1.75. The van der Waals surface area contributed by atoms with Crippen LogP contribution in [0.3, 0.4) is 0 Å². The second kappa shape index (κ2) is 6.13. The van der Waals surface area contributed by atoms with Gasteiger partial charge < -0.3 is 15.8 Å². The average Bonchev–Trinajstić information content (AvgIpc) is 2.44. The Labute approximate surface area is 126 Å². The molecule has 1 atom stereocenters. The van der Waals surface area contributed by atoms with Crippen molar-refractivity contribution in [1.82, 2.24) is 0 Å². The molecular weight excluding hydrogens is 323 g/mol. The van der Waals surface area contributed by atoms with Gasteiger partial charge in [0.05, 0.1) is 23.0 Å². The van der Waals surface area contributed by atoms with Crippen molar-refractivity contribution in [1.29, 1.82) is 0 Å². The standard InChI is InChI=1S/C15H16BrFN2O/c1-9(10-3-5-11(20-2)6-4-10)19-15-7-12(16)13(17)8-14(15)18/h3-9,19H,18H2,1-2H3. The van der Waals surface area contributed by atoms with Crippen molar-refractivity contribution in [3.63, 3.8) is 0 Å². The molecule has 0 fully saturated rings. The third kappa shape index (κ3) is 3.22. The zero-order valence-corrected chi connectivity index (χ0v) is 12.9. The van der Waals surface area contributed by atoms with Crippen molar-refractivity contribution in [2.45, 2.75) is 13.0 Å². The predicted molar refractivity (Wildman–Crippen MR) is 83.5 cm³/mol. The van der Waals surface area contributed by atoms with Gasteiger partial charge in [-0.1, -0.05) is 12.1 Å². The number of benzene rings is 2. The minimum atomic E-state index is -0.370. The molecule has 2 aromatic carbocycles. The van der Waals surface area contributed by atoms with Crippen molar-refractivity contribution >= 4 is 27.3 Å². The second-order valence-corrected chi connectivity index (χ2v) is 5.35. The highest BCUT2D eigenvalue weighted by Gasteiger charge is 2.10. The molecule has 2 rings (SSSR count). The molecule has 2 aromatic rings. The van der Waals surface area contributed by atoms with E-state index in [1.807, 2.05) is 31.2 Å². The van der Waals surface area contributed by atoms with Crippen LogP contribution in [0.1, 0.15) is 18.5 Å². The fourth-order valence-electron chi connectivity index (χ4n) is 1.90. The highest BCUT2D eigenvalue weighted by Crippen LogP contribution is 2.30. The number of ether oxygens (including phenoxy) is 1. The Kier molecular flexibility index (Phi) is 4.49. The Morgan fingerprint density at radius 2 is 1.90 bits per heavy atom. The molecule has 106 valence electrons. The number of rotatable bonds is 4. The summed E-state index contributed by atoms with van der Waals surface area (Å²) in [5, 5.41) is 3.27. The van der Waals surface area contributed by atoms with Gasteiger partial charge in [-0.3, -0.25) is 0 Å². The average molecular weight is 339 g/mol. The molecule has 0 amide bonds. The van der Waals surface area contributed by atoms with Gasteiger partial charge in [0.1, 0.15) is 11.6 Å². The largest absolute Gasteiger partial charge is 0.497 e. The smallest absolute Gasteiger partial charge is 0.139 e. The monoisotopic (exact) mass is 338 g/mol. The van der Waals surface area contributed by atoms with Gasteiger partial charge >= 0.3 is 0 Å². The van der Waals surface area contributed by atoms with Crippen LogP contribution < -0.4 is 15.8 Å². The lowest BCUT2D eigenvalue weighted by Crippen LogP contribution is -2.08. The van der Waals surface area contributed by atoms with Gasteiger partial charge in [0.2, 0.25) is 0 Å². The van der Waals surface area contributed by atoms with Crippen molar-refractivity contribution in [3.05, 3.63) is 52.3 Å². The van der Waals surface area contributed by atoms with Crippen LogP contribution in [-0.2, 0) is 0 Å². The van der Waals surface area contributed by atoms with E-state index in [-0.39, 0.29) is 11.9 Å². The fourth-order valence-corrected chi connectivity index (χ4v) is 2.24. The van der Waals surface area contributed by atoms with Crippen LogP contribution in [0.5, 0.6) is 5.75 Å². The van der Waals surface area contributed by atoms with Crippen LogP contribution in [-0.4, -0.2) is 7.11 Å². The highest BCUT2D eigenvalue weighted by molar-refractivity contribution is 9.10. The van der Waals surface area contributed by atoms with E-state index in [4.69, 9.17) is 10.5 Å². The minimum absolute atomic E-state index is 0.0422. The van der Waals surface area contributed by atoms with E-state index in [1.165, 1.54) is 6.07 Å². The zero-order chi connectivity index (χ0) is 14.7. The maximum Gasteiger partial charge on any atom is 0.139 e. The molecule has 3 N–H and O–H groups in total. The summed E-state index contributed by atoms with van der Waals surface area (Å²) < 4.78 is 18.8. The van der Waals surface area contributed by atoms with Crippen LogP contribution in [0, 0.1) is 5.82 Å². The molecule has 3 nitrogen and oxygen atoms in total. The first-order valence-corrected chi connectivity index (χ1v) is 6.95. The van der Waals surface area contributed by atoms with E-state index >= 15 is 0 Å². The SMILES string of the molecule is COc1ccc(C(C)Nc2cc(Br)c(F)cc2N)cc1. The third-order valence-electron chi connectivity index (χ3n) is 3.08. The third-order valence-corrected chi connectivity index (χ3v) is 3.69. The lowest BCUT2D eigenvalue weighted by molar-refractivity contribution is 0.414. The van der Waals surface area contributed by atoms with Gasteiger partial charge in [-0.15, -0.1) is 0 Å². The summed E-state index contributed by atoms with van der Waals surface area (Å²) in [6.07, 6.45) is 0. The Morgan fingerprint density at radius 3 is 2.50 bits per heavy atom. The molecule has 0 aliphatic heterocycles. The van der Waals surface area contributed by atoms with Gasteiger partial charge in [0.25, 0.3) is 0 Å². The van der Waals surface area contributed by atoms with Crippen molar-refractivity contribution < 1.29 is 9.13 Å². The summed E-state index contributed by atoms with van der Waals surface area (Å²) in [6.45, 7) is 2.01. The number of hydrogen-bond donors (Lipinski definition) is 2. The van der Waals surface area contributed by atoms with Crippen LogP contribution >= 0.6 is 15.9 Å². The van der Waals surface area contributed by atoms with Gasteiger partial charge in [0.15, 0.2) is 0 Å². The molecule has 0 saturated carbocycles. The van der Waals surface area contributed by atoms with Crippen LogP contribution in [0.15, 0.2) is 40.9 Å². The first-order valence-electron chi connectivity index (χ1n) is 6.16. The quantitative estimate of drug-likeness (QED) is 0.814. The number of methoxy groups -OCH3 is 1. The molecular formula is C15H16BrFN2O. The zero-order valence-electron chi connectivity index (χ0n) is 11.3. The maximum atomic E-state index is 13.3. The maximum absolute atomic E-state index is 13.3. The van der Waals surface area contributed by atoms with Crippen LogP contribution in [0.2, 0.25) is 0 Å². The minimum Gasteiger partial charge on any atom is -0.497 e. The number of nitrogens with one attached hydrogen (secondary N) is 1. The van der Waals surface area contributed by atoms with Crippen LogP contribution in [0.25, 0.3) is 0 Å². The summed E-state index contributed by atoms with van der Waals surface area (Å²) in [6, 6.07) is 10.7. The lowest BCUT2D eigenvalue weighted by Gasteiger charge is -2.18. The number of nitrogen functional groups attached to an aromatic ring is 1. The van der Waals surface area contributed by atoms with E-state index in [0.29, 0.717) is 15.8 Å². The lowest BCUT2D eigenvalue weighted by atomic mass is 10.1. The molecule has 0 aromatic heterocycles. The molecule has 0 saturated heterocycles. The topological polar surface area (TPSA) is 47.3 Å². The van der Waals surface area contributed by atoms with Gasteiger partial charge in [-0.2, -0.15) is 0 Å². The van der Waals surface area contributed by atoms with E-state index in [1.54, 1.807) is 13.2 Å². The van der Waals surface area contributed by atoms with Gasteiger partial charge in [-0.05, 0) is 46.6 Å². The van der Waals surface area contributed by atoms with E-state index in [9.17, 15) is 4.39 Å². The van der Waals surface area contributed by atoms with Gasteiger partial charge in [0, 0.05) is 12.1 Å². The summed E-state index contributed by atoms with van der Waals surface area (Å²) in [7, 11) is 1.63. The molecule has 1 unspecified atom stereocenters. The number of halogens is 2. The summed E-state index contributed by atoms with van der Waals surface area (Å²) in [5.74, 6) is 0.440. The molecule has 0 aliphatic rings. The Morgan fingerprint density at radius 1 is 1.25 bits per heavy atom. The van der Waals surface area contributed by atoms with Crippen LogP contribution in [0.4, 0.5) is 15.8 Å². The first kappa shape index (κ1) is 14.7. The number of hydrogen-bond acceptors (Lipinski definition) is 3. The molecule has 0 radical (unpaired) electrons. The second-order valence-electron chi connectivity index (χ2n) is 4.49. The number of nitrogens with two attached hydrogens (primary N) is 1. The molecule has 20 heavy (non-hydrogen) atoms. The van der Waals surface area contributed by atoms with E-state index < -0.39 is 0 Å². The molecule has 0 heterocycles. The molecule has 5 heteroatoms. The van der Waals surface area contributed by atoms with E-state index in [0.717, 1.165) is 11.3 Å².